The van der Waals surface area contributed by atoms with Crippen LogP contribution in [-0.4, -0.2) is 29.2 Å². The van der Waals surface area contributed by atoms with Crippen molar-refractivity contribution >= 4 is 0 Å². The zero-order valence-electron chi connectivity index (χ0n) is 13.0. The lowest BCUT2D eigenvalue weighted by molar-refractivity contribution is 0.115. The van der Waals surface area contributed by atoms with Gasteiger partial charge >= 0.3 is 0 Å². The summed E-state index contributed by atoms with van der Waals surface area (Å²) in [5, 5.41) is 3.53. The number of fused-ring (bicyclic) bond motifs is 1. The minimum absolute atomic E-state index is 0.541. The first-order valence-corrected chi connectivity index (χ1v) is 7.83. The highest BCUT2D eigenvalue weighted by molar-refractivity contribution is 5.21. The Balaban J connectivity index is 1.90. The van der Waals surface area contributed by atoms with E-state index in [4.69, 9.17) is 4.74 Å². The van der Waals surface area contributed by atoms with Gasteiger partial charge in [-0.3, -0.25) is 0 Å². The van der Waals surface area contributed by atoms with Crippen LogP contribution in [0, 0.1) is 5.92 Å². The number of nitrogens with one attached hydrogen (secondary N) is 1. The SMILES string of the molecule is CCCOCc1ncc2c(n1)CCC(CNC(C)C)C2. The van der Waals surface area contributed by atoms with Crippen LogP contribution in [-0.2, 0) is 24.2 Å². The van der Waals surface area contributed by atoms with Crippen LogP contribution in [0.2, 0.25) is 0 Å². The molecule has 1 aromatic rings. The molecular formula is C16H27N3O. The average Bonchev–Trinajstić information content (AvgIpc) is 2.45. The monoisotopic (exact) mass is 277 g/mol. The van der Waals surface area contributed by atoms with E-state index in [9.17, 15) is 0 Å². The Morgan fingerprint density at radius 1 is 1.45 bits per heavy atom. The summed E-state index contributed by atoms with van der Waals surface area (Å²) in [7, 11) is 0. The van der Waals surface area contributed by atoms with Gasteiger partial charge < -0.3 is 10.1 Å². The molecule has 2 rings (SSSR count). The molecule has 0 bridgehead atoms. The standard InChI is InChI=1S/C16H27N3O/c1-4-7-20-11-16-18-10-14-8-13(9-17-12(2)3)5-6-15(14)19-16/h10,12-13,17H,4-9,11H2,1-3H3. The summed E-state index contributed by atoms with van der Waals surface area (Å²) in [5.74, 6) is 1.55. The van der Waals surface area contributed by atoms with Crippen LogP contribution in [0.3, 0.4) is 0 Å². The maximum absolute atomic E-state index is 5.51. The summed E-state index contributed by atoms with van der Waals surface area (Å²) in [6.45, 7) is 8.92. The topological polar surface area (TPSA) is 47.0 Å². The fourth-order valence-corrected chi connectivity index (χ4v) is 2.58. The molecule has 1 aliphatic carbocycles. The van der Waals surface area contributed by atoms with Gasteiger partial charge in [0, 0.05) is 24.5 Å². The second-order valence-corrected chi connectivity index (χ2v) is 5.98. The Kier molecular flexibility index (Phi) is 5.92. The van der Waals surface area contributed by atoms with Crippen molar-refractivity contribution in [3.63, 3.8) is 0 Å². The number of hydrogen-bond acceptors (Lipinski definition) is 4. The molecule has 1 unspecified atom stereocenters. The van der Waals surface area contributed by atoms with Crippen LogP contribution in [0.1, 0.15) is 50.7 Å². The molecule has 0 fully saturated rings. The van der Waals surface area contributed by atoms with Crippen molar-refractivity contribution in [2.75, 3.05) is 13.2 Å². The quantitative estimate of drug-likeness (QED) is 0.778. The van der Waals surface area contributed by atoms with Gasteiger partial charge in [0.25, 0.3) is 0 Å². The van der Waals surface area contributed by atoms with E-state index in [2.05, 4.69) is 36.1 Å². The number of hydrogen-bond donors (Lipinski definition) is 1. The van der Waals surface area contributed by atoms with Gasteiger partial charge in [0.15, 0.2) is 5.82 Å². The summed E-state index contributed by atoms with van der Waals surface area (Å²) in [6.07, 6.45) is 6.44. The Morgan fingerprint density at radius 3 is 3.05 bits per heavy atom. The number of aromatic nitrogens is 2. The lowest BCUT2D eigenvalue weighted by atomic mass is 9.87. The Morgan fingerprint density at radius 2 is 2.30 bits per heavy atom. The maximum atomic E-state index is 5.51. The van der Waals surface area contributed by atoms with Gasteiger partial charge in [-0.05, 0) is 43.7 Å². The van der Waals surface area contributed by atoms with E-state index in [0.717, 1.165) is 44.2 Å². The van der Waals surface area contributed by atoms with Gasteiger partial charge in [0.05, 0.1) is 0 Å². The number of nitrogens with zero attached hydrogens (tertiary/aromatic N) is 2. The lowest BCUT2D eigenvalue weighted by Crippen LogP contribution is -2.32. The van der Waals surface area contributed by atoms with Crippen LogP contribution in [0.15, 0.2) is 6.20 Å². The number of aryl methyl sites for hydroxylation is 1. The molecule has 0 amide bonds. The molecule has 0 saturated carbocycles. The number of rotatable bonds is 7. The molecule has 1 N–H and O–H groups in total. The van der Waals surface area contributed by atoms with E-state index >= 15 is 0 Å². The van der Waals surface area contributed by atoms with E-state index in [-0.39, 0.29) is 0 Å². The molecule has 4 heteroatoms. The molecule has 4 nitrogen and oxygen atoms in total. The first-order chi connectivity index (χ1) is 9.69. The summed E-state index contributed by atoms with van der Waals surface area (Å²) >= 11 is 0. The third-order valence-electron chi connectivity index (χ3n) is 3.70. The molecule has 0 spiro atoms. The number of ether oxygens (including phenoxy) is 1. The Hall–Kier alpha value is -1.00. The molecule has 0 saturated heterocycles. The predicted molar refractivity (Wildman–Crippen MR) is 80.6 cm³/mol. The minimum Gasteiger partial charge on any atom is -0.373 e. The zero-order chi connectivity index (χ0) is 14.4. The molecule has 1 aliphatic rings. The van der Waals surface area contributed by atoms with E-state index in [0.29, 0.717) is 12.6 Å². The fourth-order valence-electron chi connectivity index (χ4n) is 2.58. The van der Waals surface area contributed by atoms with Crippen molar-refractivity contribution in [3.05, 3.63) is 23.3 Å². The van der Waals surface area contributed by atoms with Crippen molar-refractivity contribution < 1.29 is 4.74 Å². The van der Waals surface area contributed by atoms with Gasteiger partial charge in [-0.2, -0.15) is 0 Å². The normalized spacial score (nSPS) is 18.3. The van der Waals surface area contributed by atoms with Crippen molar-refractivity contribution in [2.45, 2.75) is 59.1 Å². The highest BCUT2D eigenvalue weighted by Gasteiger charge is 2.20. The Labute approximate surface area is 122 Å². The van der Waals surface area contributed by atoms with Crippen LogP contribution < -0.4 is 5.32 Å². The summed E-state index contributed by atoms with van der Waals surface area (Å²) in [4.78, 5) is 9.10. The fraction of sp³-hybridized carbons (Fsp3) is 0.750. The summed E-state index contributed by atoms with van der Waals surface area (Å²) in [5.41, 5.74) is 2.56. The highest BCUT2D eigenvalue weighted by atomic mass is 16.5. The molecule has 0 aliphatic heterocycles. The molecule has 0 aromatic carbocycles. The van der Waals surface area contributed by atoms with Crippen molar-refractivity contribution in [1.29, 1.82) is 0 Å². The lowest BCUT2D eigenvalue weighted by Gasteiger charge is -2.25. The molecule has 112 valence electrons. The van der Waals surface area contributed by atoms with E-state index < -0.39 is 0 Å². The molecule has 20 heavy (non-hydrogen) atoms. The molecule has 1 aromatic heterocycles. The Bertz CT molecular complexity index is 420. The van der Waals surface area contributed by atoms with E-state index in [1.807, 2.05) is 6.20 Å². The summed E-state index contributed by atoms with van der Waals surface area (Å²) in [6, 6.07) is 0.561. The van der Waals surface area contributed by atoms with Crippen molar-refractivity contribution in [3.8, 4) is 0 Å². The maximum Gasteiger partial charge on any atom is 0.154 e. The van der Waals surface area contributed by atoms with Gasteiger partial charge in [0.2, 0.25) is 0 Å². The van der Waals surface area contributed by atoms with E-state index in [1.165, 1.54) is 17.7 Å². The highest BCUT2D eigenvalue weighted by Crippen LogP contribution is 2.23. The van der Waals surface area contributed by atoms with Crippen LogP contribution in [0.5, 0.6) is 0 Å². The van der Waals surface area contributed by atoms with Crippen molar-refractivity contribution in [2.24, 2.45) is 5.92 Å². The van der Waals surface area contributed by atoms with Gasteiger partial charge in [-0.15, -0.1) is 0 Å². The van der Waals surface area contributed by atoms with Crippen LogP contribution >= 0.6 is 0 Å². The van der Waals surface area contributed by atoms with Crippen LogP contribution in [0.25, 0.3) is 0 Å². The average molecular weight is 277 g/mol. The van der Waals surface area contributed by atoms with Gasteiger partial charge in [0.1, 0.15) is 6.61 Å². The van der Waals surface area contributed by atoms with Crippen molar-refractivity contribution in [1.82, 2.24) is 15.3 Å². The smallest absolute Gasteiger partial charge is 0.154 e. The molecule has 1 atom stereocenters. The second-order valence-electron chi connectivity index (χ2n) is 5.98. The third-order valence-corrected chi connectivity index (χ3v) is 3.70. The molecule has 1 heterocycles. The minimum atomic E-state index is 0.541. The molecule has 0 radical (unpaired) electrons. The second kappa shape index (κ2) is 7.70. The first kappa shape index (κ1) is 15.4. The third kappa shape index (κ3) is 4.53. The van der Waals surface area contributed by atoms with Gasteiger partial charge in [-0.25, -0.2) is 9.97 Å². The van der Waals surface area contributed by atoms with E-state index in [1.54, 1.807) is 0 Å². The first-order valence-electron chi connectivity index (χ1n) is 7.83. The molecular weight excluding hydrogens is 250 g/mol. The van der Waals surface area contributed by atoms with Crippen LogP contribution in [0.4, 0.5) is 0 Å². The largest absolute Gasteiger partial charge is 0.373 e. The predicted octanol–water partition coefficient (Wildman–Crippen LogP) is 2.51. The zero-order valence-corrected chi connectivity index (χ0v) is 13.0. The summed E-state index contributed by atoms with van der Waals surface area (Å²) < 4.78 is 5.51. The van der Waals surface area contributed by atoms with Gasteiger partial charge in [-0.1, -0.05) is 20.8 Å².